The van der Waals surface area contributed by atoms with E-state index in [0.717, 1.165) is 43.3 Å². The lowest BCUT2D eigenvalue weighted by molar-refractivity contribution is 0.136. The fourth-order valence-electron chi connectivity index (χ4n) is 5.39. The first kappa shape index (κ1) is 21.9. The van der Waals surface area contributed by atoms with Gasteiger partial charge in [-0.25, -0.2) is 4.68 Å². The van der Waals surface area contributed by atoms with Gasteiger partial charge in [0.25, 0.3) is 0 Å². The van der Waals surface area contributed by atoms with Crippen LogP contribution in [0.1, 0.15) is 47.7 Å². The highest BCUT2D eigenvalue weighted by Gasteiger charge is 2.32. The Bertz CT molecular complexity index is 1250. The number of aromatic nitrogens is 2. The Labute approximate surface area is 207 Å². The lowest BCUT2D eigenvalue weighted by Gasteiger charge is -2.35. The number of benzene rings is 3. The molecule has 3 heterocycles. The molecule has 5 nitrogen and oxygen atoms in total. The Morgan fingerprint density at radius 2 is 1.60 bits per heavy atom. The van der Waals surface area contributed by atoms with Gasteiger partial charge in [-0.15, -0.1) is 0 Å². The summed E-state index contributed by atoms with van der Waals surface area (Å²) in [6.45, 7) is 3.65. The lowest BCUT2D eigenvalue weighted by Crippen LogP contribution is -2.33. The molecule has 6 rings (SSSR count). The van der Waals surface area contributed by atoms with Gasteiger partial charge in [-0.05, 0) is 61.2 Å². The van der Waals surface area contributed by atoms with Crippen LogP contribution >= 0.6 is 0 Å². The van der Waals surface area contributed by atoms with Gasteiger partial charge < -0.3 is 10.1 Å². The predicted octanol–water partition coefficient (Wildman–Crippen LogP) is 6.15. The van der Waals surface area contributed by atoms with Gasteiger partial charge in [0, 0.05) is 18.7 Å². The second kappa shape index (κ2) is 9.96. The van der Waals surface area contributed by atoms with Gasteiger partial charge >= 0.3 is 0 Å². The van der Waals surface area contributed by atoms with Crippen molar-refractivity contribution in [2.75, 3.05) is 18.4 Å². The molecule has 0 saturated carbocycles. The van der Waals surface area contributed by atoms with Crippen LogP contribution in [0, 0.1) is 0 Å². The zero-order chi connectivity index (χ0) is 23.5. The maximum absolute atomic E-state index is 5.99. The summed E-state index contributed by atoms with van der Waals surface area (Å²) >= 11 is 0. The topological polar surface area (TPSA) is 42.3 Å². The van der Waals surface area contributed by atoms with Gasteiger partial charge in [-0.3, -0.25) is 4.90 Å². The van der Waals surface area contributed by atoms with E-state index in [-0.39, 0.29) is 0 Å². The summed E-state index contributed by atoms with van der Waals surface area (Å²) in [5.74, 6) is 2.03. The van der Waals surface area contributed by atoms with Crippen LogP contribution in [0.2, 0.25) is 0 Å². The van der Waals surface area contributed by atoms with E-state index in [4.69, 9.17) is 9.84 Å². The molecule has 1 fully saturated rings. The molecular formula is C30H32N4O. The number of nitrogens with zero attached hydrogens (tertiary/aromatic N) is 3. The van der Waals surface area contributed by atoms with Gasteiger partial charge in [0.15, 0.2) is 0 Å². The summed E-state index contributed by atoms with van der Waals surface area (Å²) in [6, 6.07) is 29.8. The van der Waals surface area contributed by atoms with Crippen molar-refractivity contribution in [2.24, 2.45) is 0 Å². The molecule has 1 N–H and O–H groups in total. The highest BCUT2D eigenvalue weighted by molar-refractivity contribution is 5.58. The Kier molecular flexibility index (Phi) is 6.24. The number of rotatable bonds is 7. The fourth-order valence-corrected chi connectivity index (χ4v) is 5.39. The molecule has 1 unspecified atom stereocenters. The summed E-state index contributed by atoms with van der Waals surface area (Å²) < 4.78 is 8.10. The van der Waals surface area contributed by atoms with Crippen LogP contribution in [-0.4, -0.2) is 27.8 Å². The van der Waals surface area contributed by atoms with Gasteiger partial charge in [-0.1, -0.05) is 67.1 Å². The van der Waals surface area contributed by atoms with Gasteiger partial charge in [0.2, 0.25) is 0 Å². The van der Waals surface area contributed by atoms with Gasteiger partial charge in [0.05, 0.1) is 17.4 Å². The number of hydrogen-bond donors (Lipinski definition) is 1. The Balaban J connectivity index is 1.24. The smallest absolute Gasteiger partial charge is 0.133 e. The number of likely N-dealkylation sites (tertiary alicyclic amines) is 1. The molecule has 0 amide bonds. The van der Waals surface area contributed by atoms with Crippen LogP contribution in [-0.2, 0) is 19.6 Å². The first-order chi connectivity index (χ1) is 17.3. The van der Waals surface area contributed by atoms with E-state index in [1.54, 1.807) is 0 Å². The molecule has 5 heteroatoms. The minimum atomic E-state index is 0.368. The number of ether oxygens (including phenoxy) is 1. The molecule has 1 saturated heterocycles. The third-order valence-electron chi connectivity index (χ3n) is 7.17. The highest BCUT2D eigenvalue weighted by atomic mass is 16.5. The van der Waals surface area contributed by atoms with E-state index in [1.807, 2.05) is 30.3 Å². The van der Waals surface area contributed by atoms with E-state index in [9.17, 15) is 0 Å². The summed E-state index contributed by atoms with van der Waals surface area (Å²) in [5.41, 5.74) is 6.26. The van der Waals surface area contributed by atoms with Crippen LogP contribution < -0.4 is 10.1 Å². The molecule has 0 radical (unpaired) electrons. The van der Waals surface area contributed by atoms with Crippen LogP contribution in [0.15, 0.2) is 84.9 Å². The number of piperidine rings is 1. The second-order valence-corrected chi connectivity index (χ2v) is 9.54. The summed E-state index contributed by atoms with van der Waals surface area (Å²) in [5, 5.41) is 8.82. The average Bonchev–Trinajstić information content (AvgIpc) is 3.53. The maximum Gasteiger partial charge on any atom is 0.133 e. The number of fused-ring (bicyclic) bond motifs is 1. The molecule has 4 aromatic rings. The third-order valence-corrected chi connectivity index (χ3v) is 7.17. The van der Waals surface area contributed by atoms with Crippen molar-refractivity contribution in [2.45, 2.75) is 44.9 Å². The van der Waals surface area contributed by atoms with Crippen LogP contribution in [0.3, 0.4) is 0 Å². The number of anilines is 1. The molecule has 0 bridgehead atoms. The first-order valence-electron chi connectivity index (χ1n) is 12.8. The maximum atomic E-state index is 5.99. The van der Waals surface area contributed by atoms with Crippen molar-refractivity contribution in [3.8, 4) is 11.4 Å². The van der Waals surface area contributed by atoms with Gasteiger partial charge in [0.1, 0.15) is 18.2 Å². The largest absolute Gasteiger partial charge is 0.489 e. The monoisotopic (exact) mass is 464 g/mol. The molecule has 2 aliphatic rings. The van der Waals surface area contributed by atoms with Crippen molar-refractivity contribution >= 4 is 5.82 Å². The molecule has 2 aliphatic heterocycles. The quantitative estimate of drug-likeness (QED) is 0.356. The van der Waals surface area contributed by atoms with Crippen molar-refractivity contribution in [1.82, 2.24) is 14.7 Å². The molecular weight excluding hydrogens is 432 g/mol. The van der Waals surface area contributed by atoms with Crippen LogP contribution in [0.4, 0.5) is 5.82 Å². The molecule has 3 aromatic carbocycles. The lowest BCUT2D eigenvalue weighted by atomic mass is 9.95. The van der Waals surface area contributed by atoms with Crippen LogP contribution in [0.5, 0.6) is 5.75 Å². The minimum Gasteiger partial charge on any atom is -0.489 e. The van der Waals surface area contributed by atoms with E-state index in [0.29, 0.717) is 12.6 Å². The van der Waals surface area contributed by atoms with E-state index >= 15 is 0 Å². The van der Waals surface area contributed by atoms with Crippen molar-refractivity contribution in [3.05, 3.63) is 107 Å². The zero-order valence-electron chi connectivity index (χ0n) is 20.1. The summed E-state index contributed by atoms with van der Waals surface area (Å²) in [6.07, 6.45) is 4.73. The molecule has 1 aromatic heterocycles. The molecule has 0 aliphatic carbocycles. The number of nitrogens with one attached hydrogen (secondary N) is 1. The van der Waals surface area contributed by atoms with Gasteiger partial charge in [-0.2, -0.15) is 5.10 Å². The minimum absolute atomic E-state index is 0.368. The first-order valence-corrected chi connectivity index (χ1v) is 12.8. The molecule has 35 heavy (non-hydrogen) atoms. The third kappa shape index (κ3) is 4.69. The van der Waals surface area contributed by atoms with E-state index in [1.165, 1.54) is 41.6 Å². The Morgan fingerprint density at radius 3 is 2.37 bits per heavy atom. The normalized spacial score (nSPS) is 17.7. The molecule has 0 spiro atoms. The summed E-state index contributed by atoms with van der Waals surface area (Å²) in [7, 11) is 0. The van der Waals surface area contributed by atoms with E-state index in [2.05, 4.69) is 69.5 Å². The SMILES string of the molecule is c1ccc(COc2ccc(-n3nc(C4CCCCN4Cc4ccccc4)c4c3NCC4)cc2)cc1. The summed E-state index contributed by atoms with van der Waals surface area (Å²) in [4.78, 5) is 2.63. The molecule has 1 atom stereocenters. The second-order valence-electron chi connectivity index (χ2n) is 9.54. The van der Waals surface area contributed by atoms with Crippen LogP contribution in [0.25, 0.3) is 5.69 Å². The highest BCUT2D eigenvalue weighted by Crippen LogP contribution is 2.39. The predicted molar refractivity (Wildman–Crippen MR) is 140 cm³/mol. The Morgan fingerprint density at radius 1 is 0.857 bits per heavy atom. The zero-order valence-corrected chi connectivity index (χ0v) is 20.1. The average molecular weight is 465 g/mol. The fraction of sp³-hybridized carbons (Fsp3) is 0.300. The number of hydrogen-bond acceptors (Lipinski definition) is 4. The van der Waals surface area contributed by atoms with Crippen molar-refractivity contribution in [1.29, 1.82) is 0 Å². The van der Waals surface area contributed by atoms with Crippen molar-refractivity contribution < 1.29 is 4.74 Å². The van der Waals surface area contributed by atoms with Crippen molar-refractivity contribution in [3.63, 3.8) is 0 Å². The molecule has 178 valence electrons. The Hall–Kier alpha value is -3.57. The van der Waals surface area contributed by atoms with E-state index < -0.39 is 0 Å². The standard InChI is InChI=1S/C30H32N4O/c1-3-9-23(10-4-1)21-33-20-8-7-13-28(33)29-27-18-19-31-30(27)34(32-29)25-14-16-26(17-15-25)35-22-24-11-5-2-6-12-24/h1-6,9-12,14-17,28,31H,7-8,13,18-22H2.